The largest absolute Gasteiger partial charge is 0.479 e. The molecule has 0 aliphatic heterocycles. The van der Waals surface area contributed by atoms with Gasteiger partial charge in [0.05, 0.1) is 0 Å². The molecule has 0 saturated heterocycles. The quantitative estimate of drug-likeness (QED) is 0.321. The monoisotopic (exact) mass is 450 g/mol. The van der Waals surface area contributed by atoms with Gasteiger partial charge in [0.15, 0.2) is 11.9 Å². The van der Waals surface area contributed by atoms with Gasteiger partial charge in [0, 0.05) is 24.9 Å². The lowest BCUT2D eigenvalue weighted by molar-refractivity contribution is -0.147. The number of aromatic nitrogens is 2. The first-order chi connectivity index (χ1) is 15.9. The van der Waals surface area contributed by atoms with Gasteiger partial charge in [0.25, 0.3) is 5.91 Å². The van der Waals surface area contributed by atoms with Crippen LogP contribution in [0.5, 0.6) is 0 Å². The van der Waals surface area contributed by atoms with Gasteiger partial charge < -0.3 is 20.8 Å². The lowest BCUT2D eigenvalue weighted by Gasteiger charge is -2.20. The number of benzene rings is 2. The fourth-order valence-electron chi connectivity index (χ4n) is 3.31. The minimum Gasteiger partial charge on any atom is -0.479 e. The van der Waals surface area contributed by atoms with E-state index in [9.17, 15) is 19.5 Å². The average Bonchev–Trinajstić information content (AvgIpc) is 3.28. The number of carbonyl (C=O) groups excluding carboxylic acids is 2. The van der Waals surface area contributed by atoms with E-state index in [1.54, 1.807) is 6.92 Å². The topological polar surface area (TPSA) is 144 Å². The van der Waals surface area contributed by atoms with Crippen molar-refractivity contribution in [3.8, 4) is 11.1 Å². The molecule has 3 rings (SSSR count). The molecular formula is C24H26N4O5. The van der Waals surface area contributed by atoms with Crippen LogP contribution in [0, 0.1) is 0 Å². The van der Waals surface area contributed by atoms with E-state index in [1.807, 2.05) is 54.6 Å². The summed E-state index contributed by atoms with van der Waals surface area (Å²) in [6.45, 7) is 1.69. The SMILES string of the molecule is CCC(=O)Nc1cc(C(=O)NC(Cc2ccc(-c3ccccc3)cc2)CC(O)C(=O)O)[nH]n1. The van der Waals surface area contributed by atoms with Crippen molar-refractivity contribution in [2.45, 2.75) is 38.3 Å². The van der Waals surface area contributed by atoms with Crippen molar-refractivity contribution in [3.63, 3.8) is 0 Å². The highest BCUT2D eigenvalue weighted by Gasteiger charge is 2.23. The molecule has 2 amide bonds. The van der Waals surface area contributed by atoms with Crippen molar-refractivity contribution in [1.82, 2.24) is 15.5 Å². The van der Waals surface area contributed by atoms with E-state index < -0.39 is 24.0 Å². The number of aliphatic hydroxyl groups excluding tert-OH is 1. The Labute approximate surface area is 190 Å². The maximum absolute atomic E-state index is 12.7. The Morgan fingerprint density at radius 2 is 1.70 bits per heavy atom. The van der Waals surface area contributed by atoms with Gasteiger partial charge in [-0.3, -0.25) is 14.7 Å². The molecule has 0 spiro atoms. The molecule has 0 radical (unpaired) electrons. The fraction of sp³-hybridized carbons (Fsp3) is 0.250. The Morgan fingerprint density at radius 1 is 1.03 bits per heavy atom. The molecule has 0 aliphatic rings. The van der Waals surface area contributed by atoms with E-state index >= 15 is 0 Å². The number of carboxylic acid groups (broad SMARTS) is 1. The normalized spacial score (nSPS) is 12.5. The van der Waals surface area contributed by atoms with E-state index in [-0.39, 0.29) is 30.3 Å². The number of hydrogen-bond donors (Lipinski definition) is 5. The smallest absolute Gasteiger partial charge is 0.332 e. The number of H-pyrrole nitrogens is 1. The molecule has 1 heterocycles. The van der Waals surface area contributed by atoms with Crippen molar-refractivity contribution in [1.29, 1.82) is 0 Å². The number of nitrogens with one attached hydrogen (secondary N) is 3. The Morgan fingerprint density at radius 3 is 2.33 bits per heavy atom. The first-order valence-corrected chi connectivity index (χ1v) is 10.6. The molecule has 2 atom stereocenters. The molecular weight excluding hydrogens is 424 g/mol. The molecule has 0 saturated carbocycles. The highest BCUT2D eigenvalue weighted by molar-refractivity contribution is 5.95. The summed E-state index contributed by atoms with van der Waals surface area (Å²) in [6.07, 6.45) is -1.21. The number of aliphatic hydroxyl groups is 1. The number of aromatic amines is 1. The molecule has 0 aliphatic carbocycles. The summed E-state index contributed by atoms with van der Waals surface area (Å²) in [5.74, 6) is -1.91. The summed E-state index contributed by atoms with van der Waals surface area (Å²) < 4.78 is 0. The maximum atomic E-state index is 12.7. The first kappa shape index (κ1) is 23.7. The molecule has 9 heteroatoms. The van der Waals surface area contributed by atoms with E-state index in [1.165, 1.54) is 6.07 Å². The van der Waals surface area contributed by atoms with Gasteiger partial charge in [-0.25, -0.2) is 4.79 Å². The van der Waals surface area contributed by atoms with Crippen molar-refractivity contribution in [3.05, 3.63) is 71.9 Å². The number of carboxylic acids is 1. The maximum Gasteiger partial charge on any atom is 0.332 e. The Bertz CT molecular complexity index is 1100. The Balaban J connectivity index is 1.71. The van der Waals surface area contributed by atoms with E-state index in [2.05, 4.69) is 20.8 Å². The van der Waals surface area contributed by atoms with E-state index in [4.69, 9.17) is 5.11 Å². The first-order valence-electron chi connectivity index (χ1n) is 10.6. The molecule has 5 N–H and O–H groups in total. The third-order valence-corrected chi connectivity index (χ3v) is 5.08. The van der Waals surface area contributed by atoms with Crippen molar-refractivity contribution >= 4 is 23.6 Å². The van der Waals surface area contributed by atoms with Crippen LogP contribution in [0.15, 0.2) is 60.7 Å². The average molecular weight is 450 g/mol. The lowest BCUT2D eigenvalue weighted by Crippen LogP contribution is -2.40. The van der Waals surface area contributed by atoms with E-state index in [0.29, 0.717) is 6.42 Å². The minimum atomic E-state index is -1.62. The molecule has 172 valence electrons. The predicted molar refractivity (Wildman–Crippen MR) is 123 cm³/mol. The lowest BCUT2D eigenvalue weighted by atomic mass is 9.97. The molecule has 1 aromatic heterocycles. The van der Waals surface area contributed by atoms with Crippen molar-refractivity contribution in [2.24, 2.45) is 0 Å². The summed E-state index contributed by atoms with van der Waals surface area (Å²) in [7, 11) is 0. The molecule has 9 nitrogen and oxygen atoms in total. The second-order valence-electron chi connectivity index (χ2n) is 7.60. The molecule has 33 heavy (non-hydrogen) atoms. The zero-order chi connectivity index (χ0) is 23.8. The summed E-state index contributed by atoms with van der Waals surface area (Å²) in [6, 6.07) is 18.3. The number of aliphatic carboxylic acids is 1. The third kappa shape index (κ3) is 6.75. The van der Waals surface area contributed by atoms with Crippen molar-refractivity contribution in [2.75, 3.05) is 5.32 Å². The zero-order valence-electron chi connectivity index (χ0n) is 18.1. The van der Waals surface area contributed by atoms with Crippen LogP contribution < -0.4 is 10.6 Å². The van der Waals surface area contributed by atoms with Gasteiger partial charge in [0.1, 0.15) is 5.69 Å². The van der Waals surface area contributed by atoms with Crippen LogP contribution in [0.25, 0.3) is 11.1 Å². The number of carbonyl (C=O) groups is 3. The molecule has 2 unspecified atom stereocenters. The molecule has 0 bridgehead atoms. The third-order valence-electron chi connectivity index (χ3n) is 5.08. The standard InChI is InChI=1S/C24H26N4O5/c1-2-22(30)26-21-14-19(27-28-21)23(31)25-18(13-20(29)24(32)33)12-15-8-10-17(11-9-15)16-6-4-3-5-7-16/h3-11,14,18,20,29H,2,12-13H2,1H3,(H,25,31)(H,32,33)(H2,26,27,28,30). The van der Waals surface area contributed by atoms with Crippen LogP contribution in [-0.2, 0) is 16.0 Å². The van der Waals surface area contributed by atoms with E-state index in [0.717, 1.165) is 16.7 Å². The van der Waals surface area contributed by atoms with Crippen LogP contribution in [0.1, 0.15) is 35.8 Å². The minimum absolute atomic E-state index is 0.107. The zero-order valence-corrected chi connectivity index (χ0v) is 18.1. The van der Waals surface area contributed by atoms with Crippen LogP contribution >= 0.6 is 0 Å². The number of rotatable bonds is 10. The summed E-state index contributed by atoms with van der Waals surface area (Å²) >= 11 is 0. The number of hydrogen-bond acceptors (Lipinski definition) is 5. The highest BCUT2D eigenvalue weighted by Crippen LogP contribution is 2.20. The van der Waals surface area contributed by atoms with Gasteiger partial charge in [-0.05, 0) is 23.1 Å². The second kappa shape index (κ2) is 11.1. The number of nitrogens with zero attached hydrogens (tertiary/aromatic N) is 1. The summed E-state index contributed by atoms with van der Waals surface area (Å²) in [4.78, 5) is 35.3. The van der Waals surface area contributed by atoms with Crippen molar-refractivity contribution < 1.29 is 24.6 Å². The summed E-state index contributed by atoms with van der Waals surface area (Å²) in [5, 5.41) is 30.7. The van der Waals surface area contributed by atoms with Crippen LogP contribution in [0.3, 0.4) is 0 Å². The predicted octanol–water partition coefficient (Wildman–Crippen LogP) is 2.60. The summed E-state index contributed by atoms with van der Waals surface area (Å²) in [5.41, 5.74) is 3.08. The molecule has 0 fully saturated rings. The van der Waals surface area contributed by atoms with Gasteiger partial charge in [-0.2, -0.15) is 5.10 Å². The van der Waals surface area contributed by atoms with Gasteiger partial charge in [0.2, 0.25) is 5.91 Å². The fourth-order valence-corrected chi connectivity index (χ4v) is 3.31. The molecule has 3 aromatic rings. The van der Waals surface area contributed by atoms with Gasteiger partial charge in [-0.1, -0.05) is 61.5 Å². The van der Waals surface area contributed by atoms with Crippen LogP contribution in [0.2, 0.25) is 0 Å². The Kier molecular flexibility index (Phi) is 7.93. The Hall–Kier alpha value is -3.98. The van der Waals surface area contributed by atoms with Gasteiger partial charge >= 0.3 is 5.97 Å². The molecule has 2 aromatic carbocycles. The van der Waals surface area contributed by atoms with Crippen LogP contribution in [-0.4, -0.2) is 50.3 Å². The highest BCUT2D eigenvalue weighted by atomic mass is 16.4. The van der Waals surface area contributed by atoms with Gasteiger partial charge in [-0.15, -0.1) is 0 Å². The van der Waals surface area contributed by atoms with Crippen LogP contribution in [0.4, 0.5) is 5.82 Å². The number of amides is 2. The second-order valence-corrected chi connectivity index (χ2v) is 7.60. The number of anilines is 1.